The fraction of sp³-hybridized carbons (Fsp3) is 0.353. The molecule has 1 aromatic heterocycles. The Bertz CT molecular complexity index is 583. The summed E-state index contributed by atoms with van der Waals surface area (Å²) in [7, 11) is 2.10. The van der Waals surface area contributed by atoms with Gasteiger partial charge in [0, 0.05) is 36.0 Å². The van der Waals surface area contributed by atoms with Crippen molar-refractivity contribution in [3.8, 4) is 0 Å². The van der Waals surface area contributed by atoms with Gasteiger partial charge in [-0.2, -0.15) is 0 Å². The number of nitrogens with two attached hydrogens (primary N) is 1. The molecule has 2 N–H and O–H groups in total. The highest BCUT2D eigenvalue weighted by Crippen LogP contribution is 2.29. The second kappa shape index (κ2) is 7.03. The second-order valence-electron chi connectivity index (χ2n) is 5.38. The predicted octanol–water partition coefficient (Wildman–Crippen LogP) is 3.74. The molecule has 21 heavy (non-hydrogen) atoms. The molecule has 0 fully saturated rings. The van der Waals surface area contributed by atoms with Crippen LogP contribution in [0.1, 0.15) is 35.7 Å². The fourth-order valence-corrected chi connectivity index (χ4v) is 2.71. The third kappa shape index (κ3) is 3.62. The number of rotatable bonds is 5. The Morgan fingerprint density at radius 3 is 2.48 bits per heavy atom. The number of halogens is 1. The number of nitrogens with zero attached hydrogens (tertiary/aromatic N) is 2. The molecule has 2 unspecified atom stereocenters. The number of hydrogen-bond donors (Lipinski definition) is 1. The van der Waals surface area contributed by atoms with Crippen LogP contribution < -0.4 is 5.73 Å². The summed E-state index contributed by atoms with van der Waals surface area (Å²) in [5, 5.41) is 0.757. The van der Waals surface area contributed by atoms with Crippen LogP contribution in [-0.2, 0) is 0 Å². The molecular weight excluding hydrogens is 282 g/mol. The minimum absolute atomic E-state index is 0.143. The van der Waals surface area contributed by atoms with E-state index < -0.39 is 0 Å². The van der Waals surface area contributed by atoms with Gasteiger partial charge in [0.2, 0.25) is 0 Å². The highest BCUT2D eigenvalue weighted by molar-refractivity contribution is 6.30. The van der Waals surface area contributed by atoms with Crippen LogP contribution in [0, 0.1) is 6.92 Å². The van der Waals surface area contributed by atoms with Crippen LogP contribution in [0.2, 0.25) is 5.02 Å². The van der Waals surface area contributed by atoms with Gasteiger partial charge in [-0.15, -0.1) is 0 Å². The van der Waals surface area contributed by atoms with Gasteiger partial charge in [0.05, 0.1) is 0 Å². The lowest BCUT2D eigenvalue weighted by atomic mass is 9.99. The molecule has 1 aromatic carbocycles. The third-order valence-electron chi connectivity index (χ3n) is 4.12. The molecule has 0 aliphatic heterocycles. The molecule has 0 bridgehead atoms. The highest BCUT2D eigenvalue weighted by atomic mass is 35.5. The number of likely N-dealkylation sites (N-methyl/N-ethyl adjacent to an activating group) is 1. The second-order valence-corrected chi connectivity index (χ2v) is 5.81. The zero-order valence-corrected chi connectivity index (χ0v) is 13.5. The first-order valence-corrected chi connectivity index (χ1v) is 7.50. The molecule has 0 saturated carbocycles. The van der Waals surface area contributed by atoms with E-state index in [2.05, 4.69) is 42.9 Å². The molecule has 0 aliphatic rings. The molecule has 4 heteroatoms. The zero-order chi connectivity index (χ0) is 15.4. The maximum Gasteiger partial charge on any atom is 0.0491 e. The maximum absolute atomic E-state index is 6.02. The van der Waals surface area contributed by atoms with Gasteiger partial charge in [-0.25, -0.2) is 0 Å². The molecule has 3 nitrogen and oxygen atoms in total. The number of hydrogen-bond acceptors (Lipinski definition) is 3. The van der Waals surface area contributed by atoms with Crippen molar-refractivity contribution in [3.63, 3.8) is 0 Å². The van der Waals surface area contributed by atoms with E-state index in [-0.39, 0.29) is 12.1 Å². The van der Waals surface area contributed by atoms with Gasteiger partial charge in [0.15, 0.2) is 0 Å². The predicted molar refractivity (Wildman–Crippen MR) is 88.4 cm³/mol. The minimum atomic E-state index is 0.143. The average molecular weight is 304 g/mol. The van der Waals surface area contributed by atoms with Crippen LogP contribution in [0.4, 0.5) is 0 Å². The van der Waals surface area contributed by atoms with Crippen LogP contribution in [0.15, 0.2) is 42.7 Å². The topological polar surface area (TPSA) is 42.1 Å². The first-order valence-electron chi connectivity index (χ1n) is 7.12. The van der Waals surface area contributed by atoms with Gasteiger partial charge in [-0.1, -0.05) is 23.7 Å². The first-order chi connectivity index (χ1) is 10.0. The number of aryl methyl sites for hydroxylation is 1. The molecule has 0 amide bonds. The Morgan fingerprint density at radius 1 is 1.24 bits per heavy atom. The Kier molecular flexibility index (Phi) is 5.34. The highest BCUT2D eigenvalue weighted by Gasteiger charge is 2.22. The SMILES string of the molecule is Cc1ccncc1C(CN)N(C)C(C)c1ccc(Cl)cc1. The molecule has 112 valence electrons. The van der Waals surface area contributed by atoms with E-state index in [9.17, 15) is 0 Å². The van der Waals surface area contributed by atoms with Crippen LogP contribution >= 0.6 is 11.6 Å². The van der Waals surface area contributed by atoms with E-state index >= 15 is 0 Å². The van der Waals surface area contributed by atoms with Crippen LogP contribution in [0.25, 0.3) is 0 Å². The van der Waals surface area contributed by atoms with Crippen molar-refractivity contribution < 1.29 is 0 Å². The number of aromatic nitrogens is 1. The lowest BCUT2D eigenvalue weighted by Gasteiger charge is -2.33. The summed E-state index contributed by atoms with van der Waals surface area (Å²) in [5.41, 5.74) is 9.65. The Labute approximate surface area is 131 Å². The molecular formula is C17H22ClN3. The van der Waals surface area contributed by atoms with Gasteiger partial charge in [-0.05, 0) is 55.8 Å². The van der Waals surface area contributed by atoms with Gasteiger partial charge >= 0.3 is 0 Å². The van der Waals surface area contributed by atoms with Gasteiger partial charge in [-0.3, -0.25) is 9.88 Å². The quantitative estimate of drug-likeness (QED) is 0.915. The Hall–Kier alpha value is -1.42. The molecule has 1 heterocycles. The lowest BCUT2D eigenvalue weighted by molar-refractivity contribution is 0.189. The van der Waals surface area contributed by atoms with Gasteiger partial charge in [0.1, 0.15) is 0 Å². The van der Waals surface area contributed by atoms with Gasteiger partial charge in [0.25, 0.3) is 0 Å². The van der Waals surface area contributed by atoms with Crippen LogP contribution in [0.3, 0.4) is 0 Å². The van der Waals surface area contributed by atoms with Crippen molar-refractivity contribution in [1.82, 2.24) is 9.88 Å². The minimum Gasteiger partial charge on any atom is -0.329 e. The summed E-state index contributed by atoms with van der Waals surface area (Å²) in [6.45, 7) is 4.83. The summed E-state index contributed by atoms with van der Waals surface area (Å²) >= 11 is 5.96. The fourth-order valence-electron chi connectivity index (χ4n) is 2.58. The monoisotopic (exact) mass is 303 g/mol. The van der Waals surface area contributed by atoms with E-state index in [0.29, 0.717) is 6.54 Å². The summed E-state index contributed by atoms with van der Waals surface area (Å²) in [4.78, 5) is 6.53. The summed E-state index contributed by atoms with van der Waals surface area (Å²) in [6, 6.07) is 10.4. The van der Waals surface area contributed by atoms with Crippen molar-refractivity contribution in [1.29, 1.82) is 0 Å². The van der Waals surface area contributed by atoms with E-state index in [1.165, 1.54) is 16.7 Å². The molecule has 2 atom stereocenters. The Morgan fingerprint density at radius 2 is 1.90 bits per heavy atom. The molecule has 0 aliphatic carbocycles. The van der Waals surface area contributed by atoms with E-state index in [1.807, 2.05) is 30.6 Å². The number of benzene rings is 1. The maximum atomic E-state index is 6.02. The lowest BCUT2D eigenvalue weighted by Crippen LogP contribution is -2.33. The van der Waals surface area contributed by atoms with Crippen molar-refractivity contribution in [2.24, 2.45) is 5.73 Å². The Balaban J connectivity index is 2.25. The average Bonchev–Trinajstić information content (AvgIpc) is 2.50. The van der Waals surface area contributed by atoms with Crippen molar-refractivity contribution >= 4 is 11.6 Å². The standard InChI is InChI=1S/C17H22ClN3/c1-12-8-9-20-11-16(12)17(10-19)21(3)13(2)14-4-6-15(18)7-5-14/h4-9,11,13,17H,10,19H2,1-3H3. The largest absolute Gasteiger partial charge is 0.329 e. The summed E-state index contributed by atoms with van der Waals surface area (Å²) in [5.74, 6) is 0. The summed E-state index contributed by atoms with van der Waals surface area (Å²) < 4.78 is 0. The first kappa shape index (κ1) is 16.0. The van der Waals surface area contributed by atoms with Crippen molar-refractivity contribution in [3.05, 3.63) is 64.4 Å². The molecule has 2 aromatic rings. The van der Waals surface area contributed by atoms with Crippen LogP contribution in [0.5, 0.6) is 0 Å². The van der Waals surface area contributed by atoms with E-state index in [1.54, 1.807) is 0 Å². The molecule has 0 saturated heterocycles. The number of pyridine rings is 1. The zero-order valence-electron chi connectivity index (χ0n) is 12.8. The summed E-state index contributed by atoms with van der Waals surface area (Å²) in [6.07, 6.45) is 3.73. The third-order valence-corrected chi connectivity index (χ3v) is 4.37. The molecule has 2 rings (SSSR count). The van der Waals surface area contributed by atoms with Gasteiger partial charge < -0.3 is 5.73 Å². The molecule has 0 radical (unpaired) electrons. The molecule has 0 spiro atoms. The van der Waals surface area contributed by atoms with Crippen molar-refractivity contribution in [2.75, 3.05) is 13.6 Å². The smallest absolute Gasteiger partial charge is 0.0491 e. The normalized spacial score (nSPS) is 14.2. The van der Waals surface area contributed by atoms with Crippen LogP contribution in [-0.4, -0.2) is 23.5 Å². The van der Waals surface area contributed by atoms with E-state index in [4.69, 9.17) is 17.3 Å². The van der Waals surface area contributed by atoms with Crippen molar-refractivity contribution in [2.45, 2.75) is 25.9 Å². The van der Waals surface area contributed by atoms with E-state index in [0.717, 1.165) is 5.02 Å².